The maximum absolute atomic E-state index is 12.3. The van der Waals surface area contributed by atoms with Gasteiger partial charge in [0.05, 0.1) is 10.8 Å². The summed E-state index contributed by atoms with van der Waals surface area (Å²) >= 11 is 0. The van der Waals surface area contributed by atoms with E-state index in [9.17, 15) is 4.21 Å². The zero-order valence-electron chi connectivity index (χ0n) is 12.7. The van der Waals surface area contributed by atoms with Crippen LogP contribution in [0.2, 0.25) is 0 Å². The van der Waals surface area contributed by atoms with Crippen molar-refractivity contribution in [3.63, 3.8) is 0 Å². The van der Waals surface area contributed by atoms with Crippen molar-refractivity contribution in [3.05, 3.63) is 29.3 Å². The molecule has 2 nitrogen and oxygen atoms in total. The molecule has 0 amide bonds. The third-order valence-electron chi connectivity index (χ3n) is 3.46. The van der Waals surface area contributed by atoms with Crippen molar-refractivity contribution in [2.45, 2.75) is 57.9 Å². The van der Waals surface area contributed by atoms with E-state index in [1.54, 1.807) is 0 Å². The van der Waals surface area contributed by atoms with E-state index in [4.69, 9.17) is 0 Å². The number of benzene rings is 1. The number of aryl methyl sites for hydroxylation is 2. The summed E-state index contributed by atoms with van der Waals surface area (Å²) < 4.78 is 12.3. The topological polar surface area (TPSA) is 29.1 Å². The van der Waals surface area contributed by atoms with Crippen molar-refractivity contribution in [3.8, 4) is 0 Å². The monoisotopic (exact) mass is 281 g/mol. The van der Waals surface area contributed by atoms with E-state index in [-0.39, 0.29) is 0 Å². The van der Waals surface area contributed by atoms with Gasteiger partial charge in [0.25, 0.3) is 0 Å². The highest BCUT2D eigenvalue weighted by molar-refractivity contribution is 7.85. The zero-order valence-corrected chi connectivity index (χ0v) is 13.5. The maximum atomic E-state index is 12.3. The van der Waals surface area contributed by atoms with E-state index in [0.717, 1.165) is 42.0 Å². The molecule has 0 spiro atoms. The van der Waals surface area contributed by atoms with E-state index in [2.05, 4.69) is 44.3 Å². The number of rotatable bonds is 8. The normalized spacial score (nSPS) is 14.3. The largest absolute Gasteiger partial charge is 0.314 e. The highest BCUT2D eigenvalue weighted by Crippen LogP contribution is 2.16. The molecule has 1 rings (SSSR count). The van der Waals surface area contributed by atoms with Crippen LogP contribution in [0.3, 0.4) is 0 Å². The van der Waals surface area contributed by atoms with Crippen molar-refractivity contribution < 1.29 is 4.21 Å². The van der Waals surface area contributed by atoms with Crippen LogP contribution in [-0.2, 0) is 10.8 Å². The van der Waals surface area contributed by atoms with Crippen molar-refractivity contribution >= 4 is 10.8 Å². The standard InChI is InChI=1S/C16H27NOS/c1-5-15(17-6-2)8-7-11-19(18)16-12-13(3)9-10-14(16)4/h9-10,12,15,17H,5-8,11H2,1-4H3. The first kappa shape index (κ1) is 16.4. The number of nitrogens with one attached hydrogen (secondary N) is 1. The predicted octanol–water partition coefficient (Wildman–Crippen LogP) is 3.58. The summed E-state index contributed by atoms with van der Waals surface area (Å²) in [5, 5.41) is 3.47. The Morgan fingerprint density at radius 2 is 2.00 bits per heavy atom. The lowest BCUT2D eigenvalue weighted by Crippen LogP contribution is -2.28. The molecule has 0 aliphatic carbocycles. The molecule has 108 valence electrons. The molecule has 19 heavy (non-hydrogen) atoms. The minimum absolute atomic E-state index is 0.570. The summed E-state index contributed by atoms with van der Waals surface area (Å²) in [5.41, 5.74) is 2.33. The Bertz CT molecular complexity index is 417. The van der Waals surface area contributed by atoms with Gasteiger partial charge in [-0.15, -0.1) is 0 Å². The molecule has 0 saturated heterocycles. The maximum Gasteiger partial charge on any atom is 0.0532 e. The number of hydrogen-bond donors (Lipinski definition) is 1. The Labute approximate surface area is 120 Å². The third kappa shape index (κ3) is 5.45. The Morgan fingerprint density at radius 3 is 2.63 bits per heavy atom. The Morgan fingerprint density at radius 1 is 1.26 bits per heavy atom. The molecule has 1 aromatic carbocycles. The van der Waals surface area contributed by atoms with Crippen LogP contribution in [0.1, 0.15) is 44.2 Å². The summed E-state index contributed by atoms with van der Waals surface area (Å²) in [6, 6.07) is 6.78. The van der Waals surface area contributed by atoms with Gasteiger partial charge in [0.1, 0.15) is 0 Å². The highest BCUT2D eigenvalue weighted by Gasteiger charge is 2.09. The average molecular weight is 281 g/mol. The SMILES string of the molecule is CCNC(CC)CCCS(=O)c1cc(C)ccc1C. The van der Waals surface area contributed by atoms with Crippen LogP contribution in [0, 0.1) is 13.8 Å². The van der Waals surface area contributed by atoms with Crippen molar-refractivity contribution in [2.24, 2.45) is 0 Å². The molecule has 3 heteroatoms. The van der Waals surface area contributed by atoms with Gasteiger partial charge in [-0.3, -0.25) is 4.21 Å². The van der Waals surface area contributed by atoms with E-state index in [1.807, 2.05) is 6.92 Å². The van der Waals surface area contributed by atoms with Gasteiger partial charge in [0.15, 0.2) is 0 Å². The summed E-state index contributed by atoms with van der Waals surface area (Å²) in [6.07, 6.45) is 3.27. The first-order valence-electron chi connectivity index (χ1n) is 7.27. The van der Waals surface area contributed by atoms with Gasteiger partial charge in [0, 0.05) is 16.7 Å². The second kappa shape index (κ2) is 8.49. The van der Waals surface area contributed by atoms with Crippen LogP contribution in [-0.4, -0.2) is 22.5 Å². The fourth-order valence-electron chi connectivity index (χ4n) is 2.26. The lowest BCUT2D eigenvalue weighted by molar-refractivity contribution is 0.476. The minimum atomic E-state index is -0.855. The smallest absolute Gasteiger partial charge is 0.0532 e. The van der Waals surface area contributed by atoms with Crippen LogP contribution in [0.5, 0.6) is 0 Å². The van der Waals surface area contributed by atoms with Gasteiger partial charge in [0.2, 0.25) is 0 Å². The predicted molar refractivity (Wildman–Crippen MR) is 84.2 cm³/mol. The van der Waals surface area contributed by atoms with Gasteiger partial charge < -0.3 is 5.32 Å². The van der Waals surface area contributed by atoms with E-state index >= 15 is 0 Å². The van der Waals surface area contributed by atoms with Gasteiger partial charge in [-0.05, 0) is 56.8 Å². The third-order valence-corrected chi connectivity index (χ3v) is 5.05. The van der Waals surface area contributed by atoms with Crippen LogP contribution in [0.4, 0.5) is 0 Å². The molecule has 2 unspecified atom stereocenters. The second-order valence-electron chi connectivity index (χ2n) is 5.12. The number of hydrogen-bond acceptors (Lipinski definition) is 2. The van der Waals surface area contributed by atoms with Gasteiger partial charge >= 0.3 is 0 Å². The molecule has 1 N–H and O–H groups in total. The molecule has 1 aromatic rings. The second-order valence-corrected chi connectivity index (χ2v) is 6.66. The lowest BCUT2D eigenvalue weighted by atomic mass is 10.1. The molecule has 0 bridgehead atoms. The molecule has 0 heterocycles. The van der Waals surface area contributed by atoms with E-state index in [0.29, 0.717) is 6.04 Å². The van der Waals surface area contributed by atoms with Gasteiger partial charge in [-0.25, -0.2) is 0 Å². The minimum Gasteiger partial charge on any atom is -0.314 e. The molecule has 0 saturated carbocycles. The highest BCUT2D eigenvalue weighted by atomic mass is 32.2. The van der Waals surface area contributed by atoms with Crippen LogP contribution < -0.4 is 5.32 Å². The molecule has 2 atom stereocenters. The summed E-state index contributed by atoms with van der Waals surface area (Å²) in [5.74, 6) is 0.770. The van der Waals surface area contributed by atoms with E-state index in [1.165, 1.54) is 5.56 Å². The summed E-state index contributed by atoms with van der Waals surface area (Å²) in [4.78, 5) is 1.01. The van der Waals surface area contributed by atoms with Crippen molar-refractivity contribution in [2.75, 3.05) is 12.3 Å². The first-order chi connectivity index (χ1) is 9.08. The van der Waals surface area contributed by atoms with Crippen LogP contribution >= 0.6 is 0 Å². The quantitative estimate of drug-likeness (QED) is 0.789. The molecular weight excluding hydrogens is 254 g/mol. The molecular formula is C16H27NOS. The first-order valence-corrected chi connectivity index (χ1v) is 8.59. The fourth-order valence-corrected chi connectivity index (χ4v) is 3.66. The summed E-state index contributed by atoms with van der Waals surface area (Å²) in [7, 11) is -0.855. The summed E-state index contributed by atoms with van der Waals surface area (Å²) in [6.45, 7) is 9.45. The Kier molecular flexibility index (Phi) is 7.32. The molecule has 0 radical (unpaired) electrons. The van der Waals surface area contributed by atoms with Crippen LogP contribution in [0.25, 0.3) is 0 Å². The van der Waals surface area contributed by atoms with Crippen molar-refractivity contribution in [1.82, 2.24) is 5.32 Å². The lowest BCUT2D eigenvalue weighted by Gasteiger charge is -2.15. The molecule has 0 fully saturated rings. The Hall–Kier alpha value is -0.670. The van der Waals surface area contributed by atoms with Gasteiger partial charge in [-0.2, -0.15) is 0 Å². The van der Waals surface area contributed by atoms with Gasteiger partial charge in [-0.1, -0.05) is 26.0 Å². The molecule has 0 aromatic heterocycles. The fraction of sp³-hybridized carbons (Fsp3) is 0.625. The Balaban J connectivity index is 2.49. The molecule has 0 aliphatic rings. The van der Waals surface area contributed by atoms with Crippen molar-refractivity contribution in [1.29, 1.82) is 0 Å². The van der Waals surface area contributed by atoms with Crippen LogP contribution in [0.15, 0.2) is 23.1 Å². The average Bonchev–Trinajstić information content (AvgIpc) is 2.40. The zero-order chi connectivity index (χ0) is 14.3. The van der Waals surface area contributed by atoms with E-state index < -0.39 is 10.8 Å². The molecule has 0 aliphatic heterocycles.